The molecular formula is C43H69NO13. The zero-order chi connectivity index (χ0) is 41.8. The van der Waals surface area contributed by atoms with Crippen LogP contribution < -0.4 is 0 Å². The molecule has 4 fully saturated rings. The molecule has 5 heterocycles. The Hall–Kier alpha value is -2.27. The van der Waals surface area contributed by atoms with Crippen molar-refractivity contribution in [3.63, 3.8) is 0 Å². The van der Waals surface area contributed by atoms with Gasteiger partial charge in [0.25, 0.3) is 11.7 Å². The molecule has 324 valence electrons. The first-order chi connectivity index (χ1) is 27.0. The van der Waals surface area contributed by atoms with Gasteiger partial charge in [-0.1, -0.05) is 39.8 Å². The number of fused-ring (bicyclic) bond motifs is 11. The molecule has 1 amide bonds. The summed E-state index contributed by atoms with van der Waals surface area (Å²) in [5.41, 5.74) is 1.65. The molecule has 0 aromatic heterocycles. The molecule has 0 radical (unpaired) electrons. The van der Waals surface area contributed by atoms with E-state index in [0.29, 0.717) is 56.9 Å². The number of nitrogens with zero attached hydrogens (tertiary/aromatic N) is 1. The van der Waals surface area contributed by atoms with E-state index in [1.54, 1.807) is 21.0 Å². The summed E-state index contributed by atoms with van der Waals surface area (Å²) >= 11 is 0. The van der Waals surface area contributed by atoms with Crippen molar-refractivity contribution < 1.29 is 63.2 Å². The predicted octanol–water partition coefficient (Wildman–Crippen LogP) is 3.60. The lowest BCUT2D eigenvalue weighted by Crippen LogP contribution is -2.64. The number of amides is 1. The summed E-state index contributed by atoms with van der Waals surface area (Å²) in [6, 6.07) is -1.14. The maximum absolute atomic E-state index is 14.4. The number of rotatable bonds is 6. The van der Waals surface area contributed by atoms with Gasteiger partial charge in [-0.05, 0) is 94.1 Å². The maximum atomic E-state index is 14.4. The van der Waals surface area contributed by atoms with E-state index >= 15 is 0 Å². The Morgan fingerprint density at radius 2 is 1.61 bits per heavy atom. The Bertz CT molecular complexity index is 1470. The fraction of sp³-hybridized carbons (Fsp3) is 0.837. The number of carbonyl (C=O) groups excluding carboxylic acids is 3. The molecule has 5 aliphatic heterocycles. The van der Waals surface area contributed by atoms with Crippen molar-refractivity contribution in [2.75, 3.05) is 34.5 Å². The van der Waals surface area contributed by atoms with E-state index in [-0.39, 0.29) is 50.4 Å². The number of allylic oxidation sites excluding steroid dienone is 1. The third-order valence-electron chi connectivity index (χ3n) is 13.5. The summed E-state index contributed by atoms with van der Waals surface area (Å²) in [4.78, 5) is 44.0. The second-order valence-corrected chi connectivity index (χ2v) is 17.6. The van der Waals surface area contributed by atoms with Crippen molar-refractivity contribution >= 4 is 17.7 Å². The smallest absolute Gasteiger partial charge is 0.329 e. The Balaban J connectivity index is 1.55. The number of ketones is 1. The van der Waals surface area contributed by atoms with Crippen molar-refractivity contribution in [3.8, 4) is 0 Å². The van der Waals surface area contributed by atoms with Gasteiger partial charge in [-0.25, -0.2) is 4.79 Å². The number of ether oxygens (including phenoxy) is 6. The van der Waals surface area contributed by atoms with Crippen LogP contribution in [0.25, 0.3) is 0 Å². The molecule has 1 aliphatic carbocycles. The zero-order valence-electron chi connectivity index (χ0n) is 35.3. The van der Waals surface area contributed by atoms with Crippen LogP contribution in [0.5, 0.6) is 0 Å². The van der Waals surface area contributed by atoms with Crippen LogP contribution in [0, 0.1) is 29.6 Å². The second kappa shape index (κ2) is 19.4. The Labute approximate surface area is 338 Å². The monoisotopic (exact) mass is 807 g/mol. The molecule has 15 atom stereocenters. The number of aliphatic hydroxyl groups is 4. The number of aliphatic hydroxyl groups excluding tert-OH is 2. The number of Topliss-reactive ketones (excluding diaryl/α,β-unsaturated/α-hetero) is 1. The van der Waals surface area contributed by atoms with Crippen LogP contribution in [0.1, 0.15) is 105 Å². The molecule has 57 heavy (non-hydrogen) atoms. The summed E-state index contributed by atoms with van der Waals surface area (Å²) in [6.07, 6.45) is 3.70. The Morgan fingerprint density at radius 1 is 0.930 bits per heavy atom. The minimum absolute atomic E-state index is 0.00402. The van der Waals surface area contributed by atoms with Gasteiger partial charge in [0, 0.05) is 52.0 Å². The molecule has 4 bridgehead atoms. The number of carbonyl (C=O) groups is 3. The van der Waals surface area contributed by atoms with Gasteiger partial charge < -0.3 is 53.7 Å². The van der Waals surface area contributed by atoms with Gasteiger partial charge >= 0.3 is 5.97 Å². The van der Waals surface area contributed by atoms with Crippen LogP contribution >= 0.6 is 0 Å². The molecule has 14 heteroatoms. The molecular weight excluding hydrogens is 738 g/mol. The Kier molecular flexibility index (Phi) is 15.6. The quantitative estimate of drug-likeness (QED) is 0.173. The fourth-order valence-electron chi connectivity index (χ4n) is 9.94. The predicted molar refractivity (Wildman–Crippen MR) is 208 cm³/mol. The van der Waals surface area contributed by atoms with Crippen LogP contribution in [0.2, 0.25) is 0 Å². The topological polar surface area (TPSA) is 191 Å². The van der Waals surface area contributed by atoms with Gasteiger partial charge in [-0.3, -0.25) is 9.59 Å². The average Bonchev–Trinajstić information content (AvgIpc) is 3.19. The lowest BCUT2D eigenvalue weighted by molar-refractivity contribution is -0.302. The van der Waals surface area contributed by atoms with Gasteiger partial charge in [0.1, 0.15) is 18.2 Å². The van der Waals surface area contributed by atoms with Crippen LogP contribution in [-0.2, 0) is 42.8 Å². The molecule has 6 rings (SSSR count). The minimum Gasteiger partial charge on any atom is -0.456 e. The highest BCUT2D eigenvalue weighted by Gasteiger charge is 2.57. The van der Waals surface area contributed by atoms with E-state index in [0.717, 1.165) is 5.57 Å². The number of hydrogen-bond acceptors (Lipinski definition) is 13. The summed E-state index contributed by atoms with van der Waals surface area (Å²) in [5.74, 6) is -9.10. The number of hydrogen-bond donors (Lipinski definition) is 4. The van der Waals surface area contributed by atoms with E-state index in [4.69, 9.17) is 28.4 Å². The maximum Gasteiger partial charge on any atom is 0.329 e. The van der Waals surface area contributed by atoms with Crippen molar-refractivity contribution in [1.82, 2.24) is 4.90 Å². The summed E-state index contributed by atoms with van der Waals surface area (Å²) < 4.78 is 36.1. The van der Waals surface area contributed by atoms with E-state index in [2.05, 4.69) is 6.92 Å². The van der Waals surface area contributed by atoms with E-state index in [9.17, 15) is 34.8 Å². The standard InChI is InChI=1S/C43H69NO13/c1-9-30-20-29-16-24(2)17-35(53-7)38-36(54-8)19-26(4)43(51,57-38)39(47)40(48)44-15-11-10-12-31(44)41(49)56-37(27(5)33(46)22-42(30,50)55-23-29)25(3)18-28-13-14-32(45)34(21-28)52-6/h18,20,24,26-28,30-38,45-46,50-51H,9-17,19,21-23H2,1-8H3/b25-18+/t24-,26+,27+,28-,30+,31-,32+,33+,34+,35-,36-,37+,38+,42?,43+/m0/s1. The van der Waals surface area contributed by atoms with Gasteiger partial charge in [0.2, 0.25) is 5.79 Å². The number of methoxy groups -OCH3 is 3. The average molecular weight is 808 g/mol. The first kappa shape index (κ1) is 45.8. The molecule has 0 spiro atoms. The van der Waals surface area contributed by atoms with E-state index in [1.807, 2.05) is 26.0 Å². The summed E-state index contributed by atoms with van der Waals surface area (Å²) in [5, 5.41) is 46.4. The molecule has 1 unspecified atom stereocenters. The number of piperidine rings is 1. The molecule has 1 saturated carbocycles. The first-order valence-electron chi connectivity index (χ1n) is 21.1. The molecule has 14 nitrogen and oxygen atoms in total. The minimum atomic E-state index is -2.51. The third-order valence-corrected chi connectivity index (χ3v) is 13.5. The highest BCUT2D eigenvalue weighted by molar-refractivity contribution is 6.39. The van der Waals surface area contributed by atoms with Gasteiger partial charge in [-0.15, -0.1) is 0 Å². The van der Waals surface area contributed by atoms with Crippen LogP contribution in [0.3, 0.4) is 0 Å². The normalized spacial score (nSPS) is 43.5. The van der Waals surface area contributed by atoms with Crippen molar-refractivity contribution in [3.05, 3.63) is 23.3 Å². The first-order valence-corrected chi connectivity index (χ1v) is 21.1. The molecule has 6 aliphatic rings. The molecule has 0 aromatic rings. The molecule has 4 N–H and O–H groups in total. The van der Waals surface area contributed by atoms with Crippen molar-refractivity contribution in [1.29, 1.82) is 0 Å². The summed E-state index contributed by atoms with van der Waals surface area (Å²) in [7, 11) is 4.63. The zero-order valence-corrected chi connectivity index (χ0v) is 35.3. The third kappa shape index (κ3) is 10.0. The fourth-order valence-corrected chi connectivity index (χ4v) is 9.94. The molecule has 0 aromatic carbocycles. The van der Waals surface area contributed by atoms with Crippen LogP contribution in [0.4, 0.5) is 0 Å². The van der Waals surface area contributed by atoms with Gasteiger partial charge in [0.05, 0.1) is 37.1 Å². The van der Waals surface area contributed by atoms with Crippen molar-refractivity contribution in [2.45, 2.75) is 166 Å². The lowest BCUT2D eigenvalue weighted by Gasteiger charge is -2.47. The van der Waals surface area contributed by atoms with Gasteiger partial charge in [-0.2, -0.15) is 0 Å². The highest BCUT2D eigenvalue weighted by atomic mass is 16.7. The van der Waals surface area contributed by atoms with Gasteiger partial charge in [0.15, 0.2) is 5.79 Å². The van der Waals surface area contributed by atoms with E-state index < -0.39 is 89.7 Å². The number of esters is 1. The second-order valence-electron chi connectivity index (χ2n) is 17.6. The van der Waals surface area contributed by atoms with Crippen molar-refractivity contribution in [2.24, 2.45) is 29.6 Å². The van der Waals surface area contributed by atoms with Crippen LogP contribution in [-0.4, -0.2) is 138 Å². The largest absolute Gasteiger partial charge is 0.456 e. The summed E-state index contributed by atoms with van der Waals surface area (Å²) in [6.45, 7) is 9.47. The Morgan fingerprint density at radius 3 is 2.28 bits per heavy atom. The van der Waals surface area contributed by atoms with Crippen LogP contribution in [0.15, 0.2) is 23.3 Å². The molecule has 3 saturated heterocycles. The highest BCUT2D eigenvalue weighted by Crippen LogP contribution is 2.41. The SMILES string of the molecule is CC[C@@H]1C=C2COC1(O)C[C@@H](O)[C@@H](C)[C@@H](/C(C)=C/[C@@H]1CC[C@@H](O)[C@H](OC)C1)OC(=O)[C@@H]1CCCCN1C(=O)C(=O)[C@]1(O)O[C@H]([C@@H](OC)C[C@@H](C)C2)[C@@H](OC)C[C@H]1C. The van der Waals surface area contributed by atoms with E-state index in [1.165, 1.54) is 19.1 Å². The lowest BCUT2D eigenvalue weighted by atomic mass is 9.80.